The number of aromatic amines is 1. The molecule has 0 aliphatic rings. The molecule has 0 bridgehead atoms. The van der Waals surface area contributed by atoms with Gasteiger partial charge in [-0.1, -0.05) is 0 Å². The molecule has 0 radical (unpaired) electrons. The van der Waals surface area contributed by atoms with E-state index in [1.54, 1.807) is 6.07 Å². The van der Waals surface area contributed by atoms with Gasteiger partial charge in [-0.25, -0.2) is 0 Å². The number of nitrogens with one attached hydrogen (secondary N) is 1. The van der Waals surface area contributed by atoms with E-state index in [9.17, 15) is 14.9 Å². The van der Waals surface area contributed by atoms with Crippen molar-refractivity contribution in [2.24, 2.45) is 0 Å². The van der Waals surface area contributed by atoms with Gasteiger partial charge in [0, 0.05) is 0 Å². The number of non-ortho nitro benzene ring substituents is 1. The van der Waals surface area contributed by atoms with Gasteiger partial charge < -0.3 is 0 Å². The predicted octanol–water partition coefficient (Wildman–Crippen LogP) is 0.713. The first-order valence-corrected chi connectivity index (χ1v) is 10.2. The van der Waals surface area contributed by atoms with Gasteiger partial charge in [-0.05, 0) is 0 Å². The molecule has 2 heterocycles. The standard InChI is InChI=1S/C18H14AsN5O3/c1-11-10-16(21-20-11)19-17-14-4-2-3-5-15(14)18(25)23(22-17)12-6-8-13(9-7-12)24(26)27/h2-10,19H,1H3,(H,20,21). The fraction of sp³-hybridized carbons (Fsp3) is 0.0556. The zero-order valence-corrected chi connectivity index (χ0v) is 16.3. The van der Waals surface area contributed by atoms with Crippen molar-refractivity contribution in [2.45, 2.75) is 6.92 Å². The van der Waals surface area contributed by atoms with Gasteiger partial charge in [0.15, 0.2) is 0 Å². The summed E-state index contributed by atoms with van der Waals surface area (Å²) in [5.41, 5.74) is 1.17. The van der Waals surface area contributed by atoms with Crippen LogP contribution in [0, 0.1) is 17.0 Å². The molecule has 9 heteroatoms. The van der Waals surface area contributed by atoms with Crippen LogP contribution in [0.2, 0.25) is 0 Å². The monoisotopic (exact) mass is 423 g/mol. The molecule has 134 valence electrons. The zero-order valence-electron chi connectivity index (χ0n) is 14.2. The molecule has 1 atom stereocenters. The first-order valence-electron chi connectivity index (χ1n) is 8.09. The third-order valence-electron chi connectivity index (χ3n) is 4.06. The molecule has 0 saturated heterocycles. The van der Waals surface area contributed by atoms with Gasteiger partial charge >= 0.3 is 159 Å². The third kappa shape index (κ3) is 3.27. The van der Waals surface area contributed by atoms with Gasteiger partial charge in [0.25, 0.3) is 0 Å². The third-order valence-corrected chi connectivity index (χ3v) is 6.41. The second-order valence-electron chi connectivity index (χ2n) is 5.95. The first-order chi connectivity index (χ1) is 13.0. The van der Waals surface area contributed by atoms with E-state index in [1.807, 2.05) is 31.2 Å². The van der Waals surface area contributed by atoms with Crippen LogP contribution in [-0.2, 0) is 0 Å². The quantitative estimate of drug-likeness (QED) is 0.296. The number of nitrogens with zero attached hydrogens (tertiary/aromatic N) is 4. The Morgan fingerprint density at radius 2 is 1.81 bits per heavy atom. The summed E-state index contributed by atoms with van der Waals surface area (Å²) in [6.07, 6.45) is 0. The molecule has 4 aromatic rings. The predicted molar refractivity (Wildman–Crippen MR) is 104 cm³/mol. The number of fused-ring (bicyclic) bond motifs is 1. The number of hydrogen-bond acceptors (Lipinski definition) is 5. The summed E-state index contributed by atoms with van der Waals surface area (Å²) >= 11 is -0.872. The van der Waals surface area contributed by atoms with Crippen molar-refractivity contribution >= 4 is 41.2 Å². The minimum atomic E-state index is -0.872. The molecule has 0 fully saturated rings. The Bertz CT molecular complexity index is 1210. The summed E-state index contributed by atoms with van der Waals surface area (Å²) in [7, 11) is 0. The van der Waals surface area contributed by atoms with Gasteiger partial charge in [-0.15, -0.1) is 0 Å². The minimum absolute atomic E-state index is 0.0340. The molecule has 27 heavy (non-hydrogen) atoms. The van der Waals surface area contributed by atoms with Crippen molar-refractivity contribution in [3.05, 3.63) is 80.8 Å². The number of nitro groups is 1. The summed E-state index contributed by atoms with van der Waals surface area (Å²) in [4.78, 5) is 23.3. The number of hydrogen-bond donors (Lipinski definition) is 1. The second-order valence-corrected chi connectivity index (χ2v) is 8.54. The molecule has 0 aliphatic carbocycles. The maximum atomic E-state index is 12.9. The van der Waals surface area contributed by atoms with Crippen LogP contribution in [0.4, 0.5) is 5.69 Å². The van der Waals surface area contributed by atoms with Gasteiger partial charge in [-0.2, -0.15) is 0 Å². The summed E-state index contributed by atoms with van der Waals surface area (Å²) in [5, 5.41) is 24.1. The molecule has 1 unspecified atom stereocenters. The Balaban J connectivity index is 1.89. The van der Waals surface area contributed by atoms with E-state index in [2.05, 4.69) is 15.3 Å². The summed E-state index contributed by atoms with van der Waals surface area (Å²) in [6.45, 7) is 1.94. The molecule has 8 nitrogen and oxygen atoms in total. The summed E-state index contributed by atoms with van der Waals surface area (Å²) in [5.74, 6) is 0. The fourth-order valence-electron chi connectivity index (χ4n) is 2.78. The van der Waals surface area contributed by atoms with Gasteiger partial charge in [0.1, 0.15) is 0 Å². The van der Waals surface area contributed by atoms with Crippen LogP contribution in [0.1, 0.15) is 5.69 Å². The van der Waals surface area contributed by atoms with Gasteiger partial charge in [0.2, 0.25) is 0 Å². The molecule has 0 amide bonds. The van der Waals surface area contributed by atoms with E-state index < -0.39 is 20.7 Å². The fourth-order valence-corrected chi connectivity index (χ4v) is 5.18. The molecule has 2 aromatic heterocycles. The van der Waals surface area contributed by atoms with E-state index >= 15 is 0 Å². The van der Waals surface area contributed by atoms with E-state index in [0.29, 0.717) is 11.1 Å². The number of aryl methyl sites for hydroxylation is 1. The number of rotatable bonds is 4. The number of H-pyrrole nitrogens is 1. The average Bonchev–Trinajstić information content (AvgIpc) is 3.09. The Labute approximate surface area is 159 Å². The number of benzene rings is 2. The molecular formula is C18H14AsN5O3. The molecule has 4 rings (SSSR count). The Morgan fingerprint density at radius 3 is 2.44 bits per heavy atom. The van der Waals surface area contributed by atoms with Crippen molar-refractivity contribution in [1.29, 1.82) is 0 Å². The second kappa shape index (κ2) is 6.81. The van der Waals surface area contributed by atoms with Crippen molar-refractivity contribution < 1.29 is 4.92 Å². The first kappa shape index (κ1) is 17.2. The Hall–Kier alpha value is -3.25. The van der Waals surface area contributed by atoms with Crippen LogP contribution in [0.3, 0.4) is 0 Å². The van der Waals surface area contributed by atoms with E-state index in [0.717, 1.165) is 20.0 Å². The van der Waals surface area contributed by atoms with Crippen molar-refractivity contribution in [2.75, 3.05) is 0 Å². The molecule has 0 spiro atoms. The molecule has 1 N–H and O–H groups in total. The number of aromatic nitrogens is 4. The van der Waals surface area contributed by atoms with Crippen molar-refractivity contribution in [3.8, 4) is 5.69 Å². The molecular weight excluding hydrogens is 409 g/mol. The van der Waals surface area contributed by atoms with Gasteiger partial charge in [0.05, 0.1) is 0 Å². The Kier molecular flexibility index (Phi) is 4.33. The van der Waals surface area contributed by atoms with Crippen LogP contribution in [-0.4, -0.2) is 40.7 Å². The molecule has 0 saturated carbocycles. The van der Waals surface area contributed by atoms with Crippen LogP contribution < -0.4 is 14.5 Å². The summed E-state index contributed by atoms with van der Waals surface area (Å²) < 4.78 is 3.08. The maximum absolute atomic E-state index is 12.9. The van der Waals surface area contributed by atoms with E-state index in [1.165, 1.54) is 28.9 Å². The molecule has 0 aliphatic heterocycles. The SMILES string of the molecule is Cc1cc([AsH]c2nn(-c3ccc([N+](=O)[O-])cc3)c(=O)c3ccccc23)n[nH]1. The zero-order chi connectivity index (χ0) is 19.0. The van der Waals surface area contributed by atoms with Crippen LogP contribution in [0.15, 0.2) is 59.4 Å². The summed E-state index contributed by atoms with van der Waals surface area (Å²) in [6, 6.07) is 15.1. The Morgan fingerprint density at radius 1 is 1.11 bits per heavy atom. The topological polar surface area (TPSA) is 107 Å². The average molecular weight is 423 g/mol. The normalized spacial score (nSPS) is 11.4. The van der Waals surface area contributed by atoms with E-state index in [-0.39, 0.29) is 11.2 Å². The van der Waals surface area contributed by atoms with Crippen molar-refractivity contribution in [1.82, 2.24) is 20.0 Å². The van der Waals surface area contributed by atoms with Gasteiger partial charge in [-0.3, -0.25) is 0 Å². The van der Waals surface area contributed by atoms with Crippen LogP contribution in [0.5, 0.6) is 0 Å². The van der Waals surface area contributed by atoms with Crippen molar-refractivity contribution in [3.63, 3.8) is 0 Å². The number of nitro benzene ring substituents is 1. The van der Waals surface area contributed by atoms with Crippen LogP contribution in [0.25, 0.3) is 16.5 Å². The molecule has 2 aromatic carbocycles. The van der Waals surface area contributed by atoms with E-state index in [4.69, 9.17) is 0 Å². The van der Waals surface area contributed by atoms with Crippen LogP contribution >= 0.6 is 0 Å².